The topological polar surface area (TPSA) is 21.3 Å². The highest BCUT2D eigenvalue weighted by Crippen LogP contribution is 2.34. The summed E-state index contributed by atoms with van der Waals surface area (Å²) >= 11 is 0. The van der Waals surface area contributed by atoms with Crippen LogP contribution in [-0.2, 0) is 4.74 Å². The maximum atomic E-state index is 5.65. The van der Waals surface area contributed by atoms with Crippen molar-refractivity contribution in [2.45, 2.75) is 58.9 Å². The number of hydrogen-bond donors (Lipinski definition) is 1. The van der Waals surface area contributed by atoms with Gasteiger partial charge in [0.25, 0.3) is 0 Å². The van der Waals surface area contributed by atoms with Crippen LogP contribution in [0.4, 0.5) is 0 Å². The molecule has 0 radical (unpaired) electrons. The first-order chi connectivity index (χ1) is 7.74. The Morgan fingerprint density at radius 3 is 2.50 bits per heavy atom. The van der Waals surface area contributed by atoms with Crippen molar-refractivity contribution in [1.82, 2.24) is 5.32 Å². The highest BCUT2D eigenvalue weighted by atomic mass is 16.5. The van der Waals surface area contributed by atoms with E-state index >= 15 is 0 Å². The van der Waals surface area contributed by atoms with Crippen LogP contribution in [-0.4, -0.2) is 25.8 Å². The molecular weight excluding hydrogens is 198 g/mol. The monoisotopic (exact) mass is 227 g/mol. The molecule has 0 aromatic carbocycles. The maximum Gasteiger partial charge on any atom is 0.0468 e. The summed E-state index contributed by atoms with van der Waals surface area (Å²) in [6.45, 7) is 9.69. The zero-order chi connectivity index (χ0) is 11.8. The van der Waals surface area contributed by atoms with Gasteiger partial charge < -0.3 is 10.1 Å². The number of rotatable bonds is 10. The number of hydrogen-bond acceptors (Lipinski definition) is 2. The van der Waals surface area contributed by atoms with Crippen molar-refractivity contribution in [1.29, 1.82) is 0 Å². The second-order valence-corrected chi connectivity index (χ2v) is 5.44. The highest BCUT2D eigenvalue weighted by molar-refractivity contribution is 4.85. The normalized spacial score (nSPS) is 18.0. The van der Waals surface area contributed by atoms with E-state index in [0.29, 0.717) is 0 Å². The lowest BCUT2D eigenvalue weighted by molar-refractivity contribution is 0.117. The van der Waals surface area contributed by atoms with Gasteiger partial charge in [-0.05, 0) is 50.5 Å². The summed E-state index contributed by atoms with van der Waals surface area (Å²) in [6.07, 6.45) is 6.57. The fourth-order valence-electron chi connectivity index (χ4n) is 2.09. The van der Waals surface area contributed by atoms with E-state index in [-0.39, 0.29) is 0 Å². The van der Waals surface area contributed by atoms with Crippen molar-refractivity contribution in [2.75, 3.05) is 19.8 Å². The third-order valence-electron chi connectivity index (χ3n) is 3.30. The van der Waals surface area contributed by atoms with Gasteiger partial charge in [0, 0.05) is 19.3 Å². The minimum Gasteiger partial charge on any atom is -0.381 e. The summed E-state index contributed by atoms with van der Waals surface area (Å²) in [4.78, 5) is 0. The van der Waals surface area contributed by atoms with Crippen LogP contribution >= 0.6 is 0 Å². The third-order valence-corrected chi connectivity index (χ3v) is 3.30. The highest BCUT2D eigenvalue weighted by Gasteiger charge is 2.29. The third kappa shape index (κ3) is 6.49. The zero-order valence-corrected chi connectivity index (χ0v) is 11.3. The van der Waals surface area contributed by atoms with Crippen LogP contribution in [0.15, 0.2) is 0 Å². The summed E-state index contributed by atoms with van der Waals surface area (Å²) < 4.78 is 5.65. The summed E-state index contributed by atoms with van der Waals surface area (Å²) in [7, 11) is 0. The molecule has 0 aromatic heterocycles. The molecule has 1 saturated carbocycles. The minimum absolute atomic E-state index is 0.763. The van der Waals surface area contributed by atoms with Gasteiger partial charge in [0.2, 0.25) is 0 Å². The Balaban J connectivity index is 1.92. The van der Waals surface area contributed by atoms with E-state index in [4.69, 9.17) is 4.74 Å². The molecule has 1 aliphatic carbocycles. The summed E-state index contributed by atoms with van der Waals surface area (Å²) in [5, 5.41) is 3.60. The molecule has 16 heavy (non-hydrogen) atoms. The van der Waals surface area contributed by atoms with Gasteiger partial charge in [0.15, 0.2) is 0 Å². The smallest absolute Gasteiger partial charge is 0.0468 e. The van der Waals surface area contributed by atoms with E-state index in [1.165, 1.54) is 32.1 Å². The van der Waals surface area contributed by atoms with E-state index in [2.05, 4.69) is 26.1 Å². The average Bonchev–Trinajstić information content (AvgIpc) is 3.04. The van der Waals surface area contributed by atoms with Crippen LogP contribution in [0.25, 0.3) is 0 Å². The first kappa shape index (κ1) is 14.0. The maximum absolute atomic E-state index is 5.65. The number of nitrogens with one attached hydrogen (secondary N) is 1. The van der Waals surface area contributed by atoms with Crippen molar-refractivity contribution in [2.24, 2.45) is 11.8 Å². The van der Waals surface area contributed by atoms with Gasteiger partial charge in [-0.1, -0.05) is 20.8 Å². The van der Waals surface area contributed by atoms with Crippen molar-refractivity contribution in [3.63, 3.8) is 0 Å². The average molecular weight is 227 g/mol. The predicted molar refractivity (Wildman–Crippen MR) is 69.7 cm³/mol. The molecule has 1 N–H and O–H groups in total. The van der Waals surface area contributed by atoms with Crippen LogP contribution in [0, 0.1) is 11.8 Å². The lowest BCUT2D eigenvalue weighted by Gasteiger charge is -2.17. The van der Waals surface area contributed by atoms with Gasteiger partial charge >= 0.3 is 0 Å². The zero-order valence-electron chi connectivity index (χ0n) is 11.3. The molecule has 0 amide bonds. The SMILES string of the molecule is CCNC(CCCOCCC(C)C)C1CC1. The second-order valence-electron chi connectivity index (χ2n) is 5.44. The van der Waals surface area contributed by atoms with Crippen LogP contribution in [0.2, 0.25) is 0 Å². The van der Waals surface area contributed by atoms with Crippen molar-refractivity contribution < 1.29 is 4.74 Å². The van der Waals surface area contributed by atoms with E-state index in [9.17, 15) is 0 Å². The number of ether oxygens (including phenoxy) is 1. The lowest BCUT2D eigenvalue weighted by atomic mass is 10.1. The van der Waals surface area contributed by atoms with Gasteiger partial charge in [0.1, 0.15) is 0 Å². The molecule has 2 nitrogen and oxygen atoms in total. The Bertz CT molecular complexity index is 166. The summed E-state index contributed by atoms with van der Waals surface area (Å²) in [5.74, 6) is 1.73. The van der Waals surface area contributed by atoms with E-state index < -0.39 is 0 Å². The minimum atomic E-state index is 0.763. The first-order valence-electron chi connectivity index (χ1n) is 7.05. The summed E-state index contributed by atoms with van der Waals surface area (Å²) in [6, 6.07) is 0.763. The van der Waals surface area contributed by atoms with E-state index in [1.54, 1.807) is 0 Å². The molecule has 0 spiro atoms. The molecule has 1 unspecified atom stereocenters. The van der Waals surface area contributed by atoms with Crippen LogP contribution in [0.1, 0.15) is 52.9 Å². The molecule has 96 valence electrons. The largest absolute Gasteiger partial charge is 0.381 e. The van der Waals surface area contributed by atoms with Gasteiger partial charge in [-0.25, -0.2) is 0 Å². The molecule has 0 heterocycles. The van der Waals surface area contributed by atoms with Gasteiger partial charge in [0.05, 0.1) is 0 Å². The predicted octanol–water partition coefficient (Wildman–Crippen LogP) is 3.22. The first-order valence-corrected chi connectivity index (χ1v) is 7.05. The molecule has 1 fully saturated rings. The molecular formula is C14H29NO. The molecule has 0 aromatic rings. The molecule has 0 aliphatic heterocycles. The van der Waals surface area contributed by atoms with Crippen LogP contribution in [0.3, 0.4) is 0 Å². The molecule has 1 rings (SSSR count). The van der Waals surface area contributed by atoms with Crippen molar-refractivity contribution in [3.8, 4) is 0 Å². The summed E-state index contributed by atoms with van der Waals surface area (Å²) in [5.41, 5.74) is 0. The quantitative estimate of drug-likeness (QED) is 0.579. The molecule has 0 bridgehead atoms. The molecule has 2 heteroatoms. The lowest BCUT2D eigenvalue weighted by Crippen LogP contribution is -2.31. The van der Waals surface area contributed by atoms with Crippen molar-refractivity contribution in [3.05, 3.63) is 0 Å². The van der Waals surface area contributed by atoms with Crippen molar-refractivity contribution >= 4 is 0 Å². The Morgan fingerprint density at radius 1 is 1.19 bits per heavy atom. The Labute approximate surface area is 101 Å². The van der Waals surface area contributed by atoms with Gasteiger partial charge in [-0.15, -0.1) is 0 Å². The Hall–Kier alpha value is -0.0800. The van der Waals surface area contributed by atoms with E-state index in [0.717, 1.165) is 37.6 Å². The standard InChI is InChI=1S/C14H29NO/c1-4-15-14(13-7-8-13)6-5-10-16-11-9-12(2)3/h12-15H,4-11H2,1-3H3. The second kappa shape index (κ2) is 8.08. The molecule has 1 atom stereocenters. The van der Waals surface area contributed by atoms with Gasteiger partial charge in [-0.3, -0.25) is 0 Å². The Kier molecular flexibility index (Phi) is 7.06. The fourth-order valence-corrected chi connectivity index (χ4v) is 2.09. The van der Waals surface area contributed by atoms with E-state index in [1.807, 2.05) is 0 Å². The van der Waals surface area contributed by atoms with Gasteiger partial charge in [-0.2, -0.15) is 0 Å². The van der Waals surface area contributed by atoms with Crippen LogP contribution in [0.5, 0.6) is 0 Å². The fraction of sp³-hybridized carbons (Fsp3) is 1.00. The molecule has 0 saturated heterocycles. The molecule has 1 aliphatic rings. The van der Waals surface area contributed by atoms with Crippen LogP contribution < -0.4 is 5.32 Å². The Morgan fingerprint density at radius 2 is 1.94 bits per heavy atom.